The van der Waals surface area contributed by atoms with Gasteiger partial charge in [0.2, 0.25) is 0 Å². The minimum Gasteiger partial charge on any atom is -0.393 e. The first kappa shape index (κ1) is 15.2. The molecule has 2 aliphatic rings. The first-order valence-electron chi connectivity index (χ1n) is 6.89. The van der Waals surface area contributed by atoms with Crippen molar-refractivity contribution >= 4 is 10.2 Å². The monoisotopic (exact) mass is 292 g/mol. The number of aliphatic hydroxyl groups is 1. The van der Waals surface area contributed by atoms with Crippen LogP contribution in [0.25, 0.3) is 0 Å². The molecule has 0 bridgehead atoms. The molecule has 2 heterocycles. The van der Waals surface area contributed by atoms with Gasteiger partial charge in [-0.05, 0) is 33.1 Å². The molecule has 0 radical (unpaired) electrons. The van der Waals surface area contributed by atoms with E-state index in [1.54, 1.807) is 6.92 Å². The van der Waals surface area contributed by atoms with Crippen molar-refractivity contribution in [3.8, 4) is 0 Å². The van der Waals surface area contributed by atoms with Gasteiger partial charge >= 0.3 is 0 Å². The van der Waals surface area contributed by atoms with E-state index in [0.29, 0.717) is 26.2 Å². The summed E-state index contributed by atoms with van der Waals surface area (Å²) in [6.07, 6.45) is 0.122. The Morgan fingerprint density at radius 3 is 2.21 bits per heavy atom. The Morgan fingerprint density at radius 2 is 1.74 bits per heavy atom. The number of aliphatic hydroxyl groups excluding tert-OH is 1. The van der Waals surface area contributed by atoms with Crippen LogP contribution in [0.1, 0.15) is 27.2 Å². The number of rotatable bonds is 3. The van der Waals surface area contributed by atoms with Gasteiger partial charge in [-0.2, -0.15) is 17.0 Å². The average molecular weight is 292 g/mol. The summed E-state index contributed by atoms with van der Waals surface area (Å²) in [5, 5.41) is 9.58. The van der Waals surface area contributed by atoms with Crippen molar-refractivity contribution in [2.45, 2.75) is 45.5 Å². The molecule has 112 valence electrons. The molecule has 2 rings (SSSR count). The molecule has 0 saturated carbocycles. The lowest BCUT2D eigenvalue weighted by Crippen LogP contribution is -2.52. The molecule has 2 aliphatic heterocycles. The highest BCUT2D eigenvalue weighted by atomic mass is 32.2. The van der Waals surface area contributed by atoms with E-state index in [9.17, 15) is 13.5 Å². The molecule has 0 aliphatic carbocycles. The van der Waals surface area contributed by atoms with Crippen molar-refractivity contribution in [1.29, 1.82) is 0 Å². The van der Waals surface area contributed by atoms with Gasteiger partial charge < -0.3 is 9.84 Å². The smallest absolute Gasteiger partial charge is 0.282 e. The third-order valence-electron chi connectivity index (χ3n) is 3.91. The van der Waals surface area contributed by atoms with E-state index in [4.69, 9.17) is 4.74 Å². The van der Waals surface area contributed by atoms with E-state index in [1.807, 2.05) is 13.8 Å². The van der Waals surface area contributed by atoms with Crippen molar-refractivity contribution in [3.05, 3.63) is 0 Å². The Labute approximate surface area is 115 Å². The predicted octanol–water partition coefficient (Wildman–Crippen LogP) is 0.0431. The van der Waals surface area contributed by atoms with E-state index >= 15 is 0 Å². The molecular formula is C12H24N2O4S. The normalized spacial score (nSPS) is 36.5. The second-order valence-corrected chi connectivity index (χ2v) is 7.66. The van der Waals surface area contributed by atoms with E-state index in [-0.39, 0.29) is 18.1 Å². The third-order valence-corrected chi connectivity index (χ3v) is 5.84. The summed E-state index contributed by atoms with van der Waals surface area (Å²) in [4.78, 5) is 0. The molecule has 1 N–H and O–H groups in total. The zero-order chi connectivity index (χ0) is 14.2. The third kappa shape index (κ3) is 3.28. The van der Waals surface area contributed by atoms with Crippen LogP contribution in [0.4, 0.5) is 0 Å². The molecule has 7 heteroatoms. The Morgan fingerprint density at radius 1 is 1.16 bits per heavy atom. The first-order valence-corrected chi connectivity index (χ1v) is 8.29. The summed E-state index contributed by atoms with van der Waals surface area (Å²) < 4.78 is 33.7. The predicted molar refractivity (Wildman–Crippen MR) is 71.9 cm³/mol. The number of hydrogen-bond donors (Lipinski definition) is 1. The highest BCUT2D eigenvalue weighted by Crippen LogP contribution is 2.25. The highest BCUT2D eigenvalue weighted by molar-refractivity contribution is 7.86. The van der Waals surface area contributed by atoms with Crippen LogP contribution in [-0.2, 0) is 14.9 Å². The summed E-state index contributed by atoms with van der Waals surface area (Å²) in [6.45, 7) is 7.23. The van der Waals surface area contributed by atoms with Gasteiger partial charge in [0.1, 0.15) is 0 Å². The van der Waals surface area contributed by atoms with E-state index < -0.39 is 16.3 Å². The molecule has 4 atom stereocenters. The van der Waals surface area contributed by atoms with Crippen molar-refractivity contribution < 1.29 is 18.3 Å². The van der Waals surface area contributed by atoms with Gasteiger partial charge in [0, 0.05) is 26.2 Å². The van der Waals surface area contributed by atoms with Gasteiger partial charge in [-0.1, -0.05) is 0 Å². The van der Waals surface area contributed by atoms with Gasteiger partial charge in [0.25, 0.3) is 10.2 Å². The molecule has 0 aromatic heterocycles. The van der Waals surface area contributed by atoms with Crippen LogP contribution in [0, 0.1) is 5.92 Å². The number of ether oxygens (including phenoxy) is 1. The Balaban J connectivity index is 2.06. The van der Waals surface area contributed by atoms with Gasteiger partial charge in [0.05, 0.1) is 18.3 Å². The summed E-state index contributed by atoms with van der Waals surface area (Å²) in [5.74, 6) is 0.0469. The van der Waals surface area contributed by atoms with E-state index in [0.717, 1.165) is 6.42 Å². The van der Waals surface area contributed by atoms with Gasteiger partial charge in [-0.15, -0.1) is 0 Å². The molecule has 19 heavy (non-hydrogen) atoms. The van der Waals surface area contributed by atoms with Gasteiger partial charge in [0.15, 0.2) is 0 Å². The standard InChI is InChI=1S/C12H24N2O4S/c1-9-6-14(7-10(2)18-9)19(16,17)13-5-4-12(8-13)11(3)15/h9-12,15H,4-8H2,1-3H3. The van der Waals surface area contributed by atoms with E-state index in [1.165, 1.54) is 8.61 Å². The largest absolute Gasteiger partial charge is 0.393 e. The topological polar surface area (TPSA) is 70.1 Å². The van der Waals surface area contributed by atoms with Crippen LogP contribution >= 0.6 is 0 Å². The molecule has 0 amide bonds. The average Bonchev–Trinajstić information content (AvgIpc) is 2.77. The van der Waals surface area contributed by atoms with E-state index in [2.05, 4.69) is 0 Å². The Hall–Kier alpha value is -0.210. The minimum absolute atomic E-state index is 0.0469. The fourth-order valence-electron chi connectivity index (χ4n) is 2.84. The second kappa shape index (κ2) is 5.65. The second-order valence-electron chi connectivity index (χ2n) is 5.73. The fourth-order valence-corrected chi connectivity index (χ4v) is 4.68. The Kier molecular flexibility index (Phi) is 4.52. The molecule has 2 fully saturated rings. The van der Waals surface area contributed by atoms with Crippen molar-refractivity contribution in [2.24, 2.45) is 5.92 Å². The van der Waals surface area contributed by atoms with Crippen LogP contribution in [-0.4, -0.2) is 66.6 Å². The zero-order valence-electron chi connectivity index (χ0n) is 11.8. The van der Waals surface area contributed by atoms with Crippen LogP contribution in [0.2, 0.25) is 0 Å². The number of morpholine rings is 1. The highest BCUT2D eigenvalue weighted by Gasteiger charge is 2.39. The summed E-state index contributed by atoms with van der Waals surface area (Å²) >= 11 is 0. The summed E-state index contributed by atoms with van der Waals surface area (Å²) in [5.41, 5.74) is 0. The molecular weight excluding hydrogens is 268 g/mol. The lowest BCUT2D eigenvalue weighted by Gasteiger charge is -2.36. The molecule has 4 unspecified atom stereocenters. The van der Waals surface area contributed by atoms with Gasteiger partial charge in [-0.3, -0.25) is 0 Å². The SMILES string of the molecule is CC1CN(S(=O)(=O)N2CCC(C(C)O)C2)CC(C)O1. The molecule has 2 saturated heterocycles. The van der Waals surface area contributed by atoms with Crippen LogP contribution < -0.4 is 0 Å². The first-order chi connectivity index (χ1) is 8.80. The maximum atomic E-state index is 12.6. The number of hydrogen-bond acceptors (Lipinski definition) is 4. The van der Waals surface area contributed by atoms with Crippen LogP contribution in [0.15, 0.2) is 0 Å². The summed E-state index contributed by atoms with van der Waals surface area (Å²) in [6, 6.07) is 0. The van der Waals surface area contributed by atoms with Crippen molar-refractivity contribution in [2.75, 3.05) is 26.2 Å². The fraction of sp³-hybridized carbons (Fsp3) is 1.00. The maximum Gasteiger partial charge on any atom is 0.282 e. The molecule has 6 nitrogen and oxygen atoms in total. The maximum absolute atomic E-state index is 12.6. The summed E-state index contributed by atoms with van der Waals surface area (Å²) in [7, 11) is -3.42. The lowest BCUT2D eigenvalue weighted by molar-refractivity contribution is -0.0453. The minimum atomic E-state index is -3.42. The van der Waals surface area contributed by atoms with Crippen LogP contribution in [0.3, 0.4) is 0 Å². The molecule has 0 aromatic carbocycles. The zero-order valence-corrected chi connectivity index (χ0v) is 12.6. The van der Waals surface area contributed by atoms with Crippen molar-refractivity contribution in [3.63, 3.8) is 0 Å². The van der Waals surface area contributed by atoms with Crippen molar-refractivity contribution in [1.82, 2.24) is 8.61 Å². The Bertz CT molecular complexity index is 402. The van der Waals surface area contributed by atoms with Crippen LogP contribution in [0.5, 0.6) is 0 Å². The molecule has 0 spiro atoms. The van der Waals surface area contributed by atoms with Gasteiger partial charge in [-0.25, -0.2) is 0 Å². The number of nitrogens with zero attached hydrogens (tertiary/aromatic N) is 2. The quantitative estimate of drug-likeness (QED) is 0.797. The molecule has 0 aromatic rings. The lowest BCUT2D eigenvalue weighted by atomic mass is 10.0.